The van der Waals surface area contributed by atoms with Crippen LogP contribution in [0.3, 0.4) is 0 Å². The summed E-state index contributed by atoms with van der Waals surface area (Å²) in [4.78, 5) is 4.82. The lowest BCUT2D eigenvalue weighted by Crippen LogP contribution is -2.36. The van der Waals surface area contributed by atoms with E-state index in [1.54, 1.807) is 0 Å². The largest absolute Gasteiger partial charge is 0.309 e. The van der Waals surface area contributed by atoms with E-state index < -0.39 is 0 Å². The van der Waals surface area contributed by atoms with E-state index in [9.17, 15) is 0 Å². The Balaban J connectivity index is 2.11. The van der Waals surface area contributed by atoms with Crippen LogP contribution in [-0.2, 0) is 0 Å². The predicted molar refractivity (Wildman–Crippen MR) is 58.1 cm³/mol. The molecule has 1 atom stereocenters. The fourth-order valence-electron chi connectivity index (χ4n) is 2.15. The van der Waals surface area contributed by atoms with E-state index in [0.717, 1.165) is 6.04 Å². The van der Waals surface area contributed by atoms with Gasteiger partial charge in [0.2, 0.25) is 0 Å². The Hall–Kier alpha value is -0.0800. The zero-order chi connectivity index (χ0) is 9.68. The molecule has 78 valence electrons. The van der Waals surface area contributed by atoms with Gasteiger partial charge < -0.3 is 9.80 Å². The van der Waals surface area contributed by atoms with Crippen molar-refractivity contribution in [3.05, 3.63) is 0 Å². The van der Waals surface area contributed by atoms with Crippen molar-refractivity contribution in [3.63, 3.8) is 0 Å². The van der Waals surface area contributed by atoms with Gasteiger partial charge in [-0.25, -0.2) is 0 Å². The van der Waals surface area contributed by atoms with Gasteiger partial charge in [-0.1, -0.05) is 6.42 Å². The highest BCUT2D eigenvalue weighted by atomic mass is 15.1. The maximum atomic E-state index is 2.54. The monoisotopic (exact) mass is 184 g/mol. The van der Waals surface area contributed by atoms with E-state index in [-0.39, 0.29) is 0 Å². The van der Waals surface area contributed by atoms with Crippen molar-refractivity contribution in [1.82, 2.24) is 9.80 Å². The van der Waals surface area contributed by atoms with Crippen LogP contribution in [0.5, 0.6) is 0 Å². The molecule has 0 aromatic rings. The molecule has 0 aliphatic carbocycles. The van der Waals surface area contributed by atoms with Crippen molar-refractivity contribution in [2.24, 2.45) is 0 Å². The van der Waals surface area contributed by atoms with Crippen LogP contribution in [0.15, 0.2) is 0 Å². The summed E-state index contributed by atoms with van der Waals surface area (Å²) in [5.74, 6) is 0. The molecule has 0 amide bonds. The predicted octanol–water partition coefficient (Wildman–Crippen LogP) is 1.81. The van der Waals surface area contributed by atoms with Gasteiger partial charge in [0.25, 0.3) is 0 Å². The van der Waals surface area contributed by atoms with E-state index in [2.05, 4.69) is 30.9 Å². The van der Waals surface area contributed by atoms with E-state index in [0.29, 0.717) is 0 Å². The van der Waals surface area contributed by atoms with Crippen LogP contribution in [0, 0.1) is 0 Å². The topological polar surface area (TPSA) is 6.48 Å². The van der Waals surface area contributed by atoms with Crippen molar-refractivity contribution in [1.29, 1.82) is 0 Å². The highest BCUT2D eigenvalue weighted by Gasteiger charge is 2.17. The highest BCUT2D eigenvalue weighted by Crippen LogP contribution is 2.18. The van der Waals surface area contributed by atoms with E-state index in [4.69, 9.17) is 0 Å². The zero-order valence-electron chi connectivity index (χ0n) is 9.42. The lowest BCUT2D eigenvalue weighted by Gasteiger charge is -2.32. The number of hydrogen-bond acceptors (Lipinski definition) is 2. The van der Waals surface area contributed by atoms with Gasteiger partial charge >= 0.3 is 0 Å². The molecule has 0 spiro atoms. The molecule has 1 unspecified atom stereocenters. The quantitative estimate of drug-likeness (QED) is 0.657. The first-order chi connectivity index (χ1) is 6.20. The van der Waals surface area contributed by atoms with Gasteiger partial charge in [0.05, 0.1) is 0 Å². The number of nitrogens with zero attached hydrogens (tertiary/aromatic N) is 2. The number of likely N-dealkylation sites (tertiary alicyclic amines) is 1. The first-order valence-corrected chi connectivity index (χ1v) is 5.55. The minimum atomic E-state index is 0.869. The summed E-state index contributed by atoms with van der Waals surface area (Å²) in [7, 11) is 6.59. The van der Waals surface area contributed by atoms with Crippen LogP contribution in [0.1, 0.15) is 32.1 Å². The van der Waals surface area contributed by atoms with Crippen LogP contribution in [0.2, 0.25) is 0 Å². The molecule has 0 saturated carbocycles. The molecule has 1 rings (SSSR count). The molecule has 0 N–H and O–H groups in total. The van der Waals surface area contributed by atoms with Crippen LogP contribution in [0.4, 0.5) is 0 Å². The molecule has 1 heterocycles. The lowest BCUT2D eigenvalue weighted by molar-refractivity contribution is 0.170. The van der Waals surface area contributed by atoms with E-state index in [1.165, 1.54) is 45.2 Å². The number of piperidine rings is 1. The summed E-state index contributed by atoms with van der Waals surface area (Å²) in [6.45, 7) is 2.55. The molecule has 1 aliphatic heterocycles. The number of hydrogen-bond donors (Lipinski definition) is 0. The molecule has 2 nitrogen and oxygen atoms in total. The molecular formula is C11H24N2. The second kappa shape index (κ2) is 5.61. The van der Waals surface area contributed by atoms with E-state index >= 15 is 0 Å². The Morgan fingerprint density at radius 2 is 2.08 bits per heavy atom. The third-order valence-electron chi connectivity index (χ3n) is 3.06. The van der Waals surface area contributed by atoms with Gasteiger partial charge in [0.15, 0.2) is 0 Å². The third-order valence-corrected chi connectivity index (χ3v) is 3.06. The Morgan fingerprint density at radius 3 is 2.69 bits per heavy atom. The Kier molecular flexibility index (Phi) is 4.74. The summed E-state index contributed by atoms with van der Waals surface area (Å²) in [6.07, 6.45) is 7.00. The Morgan fingerprint density at radius 1 is 1.31 bits per heavy atom. The van der Waals surface area contributed by atoms with Gasteiger partial charge in [-0.3, -0.25) is 0 Å². The van der Waals surface area contributed by atoms with Crippen molar-refractivity contribution < 1.29 is 0 Å². The molecule has 0 aromatic carbocycles. The van der Waals surface area contributed by atoms with Gasteiger partial charge in [0.1, 0.15) is 0 Å². The molecule has 2 heteroatoms. The van der Waals surface area contributed by atoms with Crippen LogP contribution in [-0.4, -0.2) is 50.1 Å². The molecule has 0 bridgehead atoms. The summed E-state index contributed by atoms with van der Waals surface area (Å²) in [5, 5.41) is 0. The lowest BCUT2D eigenvalue weighted by atomic mass is 9.99. The fourth-order valence-corrected chi connectivity index (χ4v) is 2.15. The van der Waals surface area contributed by atoms with Gasteiger partial charge in [-0.2, -0.15) is 0 Å². The molecule has 0 radical (unpaired) electrons. The normalized spacial score (nSPS) is 25.4. The van der Waals surface area contributed by atoms with Crippen LogP contribution in [0.25, 0.3) is 0 Å². The second-order valence-corrected chi connectivity index (χ2v) is 4.58. The van der Waals surface area contributed by atoms with Crippen molar-refractivity contribution >= 4 is 0 Å². The molecule has 1 saturated heterocycles. The minimum Gasteiger partial charge on any atom is -0.309 e. The zero-order valence-corrected chi connectivity index (χ0v) is 9.42. The smallest absolute Gasteiger partial charge is 0.00926 e. The van der Waals surface area contributed by atoms with Crippen LogP contribution < -0.4 is 0 Å². The molecular weight excluding hydrogens is 160 g/mol. The second-order valence-electron chi connectivity index (χ2n) is 4.58. The average molecular weight is 184 g/mol. The Labute approximate surface area is 82.9 Å². The minimum absolute atomic E-state index is 0.869. The van der Waals surface area contributed by atoms with Gasteiger partial charge in [0, 0.05) is 6.04 Å². The summed E-state index contributed by atoms with van der Waals surface area (Å²) in [5.41, 5.74) is 0. The summed E-state index contributed by atoms with van der Waals surface area (Å²) in [6, 6.07) is 0.869. The standard InChI is InChI=1S/C11H24N2/c1-12(2)9-6-8-11-7-4-5-10-13(11)3/h11H,4-10H2,1-3H3. The van der Waals surface area contributed by atoms with E-state index in [1.807, 2.05) is 0 Å². The van der Waals surface area contributed by atoms with Crippen molar-refractivity contribution in [2.45, 2.75) is 38.1 Å². The summed E-state index contributed by atoms with van der Waals surface area (Å²) < 4.78 is 0. The van der Waals surface area contributed by atoms with Crippen molar-refractivity contribution in [2.75, 3.05) is 34.2 Å². The first kappa shape index (κ1) is 11.0. The fraction of sp³-hybridized carbons (Fsp3) is 1.00. The number of rotatable bonds is 4. The van der Waals surface area contributed by atoms with Gasteiger partial charge in [-0.15, -0.1) is 0 Å². The Bertz CT molecular complexity index is 134. The molecule has 1 fully saturated rings. The van der Waals surface area contributed by atoms with Crippen molar-refractivity contribution in [3.8, 4) is 0 Å². The maximum absolute atomic E-state index is 2.54. The first-order valence-electron chi connectivity index (χ1n) is 5.55. The summed E-state index contributed by atoms with van der Waals surface area (Å²) >= 11 is 0. The third kappa shape index (κ3) is 4.10. The maximum Gasteiger partial charge on any atom is 0.00926 e. The van der Waals surface area contributed by atoms with Gasteiger partial charge in [-0.05, 0) is 59.9 Å². The SMILES string of the molecule is CN(C)CCCC1CCCCN1C. The molecule has 13 heavy (non-hydrogen) atoms. The van der Waals surface area contributed by atoms with Crippen LogP contribution >= 0.6 is 0 Å². The molecule has 1 aliphatic rings. The average Bonchev–Trinajstić information content (AvgIpc) is 2.08. The highest BCUT2D eigenvalue weighted by molar-refractivity contribution is 4.74. The molecule has 0 aromatic heterocycles.